The molecule has 0 radical (unpaired) electrons. The number of methoxy groups -OCH3 is 3. The van der Waals surface area contributed by atoms with Gasteiger partial charge < -0.3 is 19.1 Å². The number of benzene rings is 2. The number of hydrogen-bond donors (Lipinski definition) is 0. The molecule has 144 valence electrons. The van der Waals surface area contributed by atoms with Crippen molar-refractivity contribution in [1.29, 1.82) is 0 Å². The first-order chi connectivity index (χ1) is 13.6. The van der Waals surface area contributed by atoms with Gasteiger partial charge >= 0.3 is 0 Å². The van der Waals surface area contributed by atoms with Crippen molar-refractivity contribution in [2.24, 2.45) is 0 Å². The number of amides is 1. The fraction of sp³-hybridized carbons (Fsp3) is 0.273. The van der Waals surface area contributed by atoms with Gasteiger partial charge in [0.25, 0.3) is 5.91 Å². The van der Waals surface area contributed by atoms with Crippen LogP contribution in [0.3, 0.4) is 0 Å². The van der Waals surface area contributed by atoms with E-state index in [1.807, 2.05) is 41.3 Å². The first-order valence-corrected chi connectivity index (χ1v) is 9.11. The summed E-state index contributed by atoms with van der Waals surface area (Å²) in [4.78, 5) is 19.4. The van der Waals surface area contributed by atoms with E-state index in [2.05, 4.69) is 4.98 Å². The van der Waals surface area contributed by atoms with E-state index < -0.39 is 0 Å². The third-order valence-corrected chi connectivity index (χ3v) is 5.12. The molecule has 6 heteroatoms. The number of fused-ring (bicyclic) bond motifs is 2. The molecule has 0 bridgehead atoms. The molecule has 0 fully saturated rings. The first-order valence-electron chi connectivity index (χ1n) is 9.11. The van der Waals surface area contributed by atoms with Gasteiger partial charge in [0.2, 0.25) is 0 Å². The molecule has 0 saturated carbocycles. The van der Waals surface area contributed by atoms with E-state index in [1.54, 1.807) is 27.4 Å². The number of aromatic nitrogens is 1. The van der Waals surface area contributed by atoms with Crippen molar-refractivity contribution in [3.63, 3.8) is 0 Å². The van der Waals surface area contributed by atoms with Crippen molar-refractivity contribution in [2.45, 2.75) is 13.0 Å². The highest BCUT2D eigenvalue weighted by atomic mass is 16.5. The van der Waals surface area contributed by atoms with Crippen LogP contribution in [0.4, 0.5) is 0 Å². The zero-order chi connectivity index (χ0) is 19.7. The van der Waals surface area contributed by atoms with E-state index in [1.165, 1.54) is 5.56 Å². The van der Waals surface area contributed by atoms with Gasteiger partial charge in [-0.3, -0.25) is 4.79 Å². The minimum atomic E-state index is -0.0712. The third kappa shape index (κ3) is 3.22. The van der Waals surface area contributed by atoms with Crippen LogP contribution < -0.4 is 14.2 Å². The van der Waals surface area contributed by atoms with E-state index in [0.29, 0.717) is 30.3 Å². The van der Waals surface area contributed by atoms with Gasteiger partial charge in [-0.15, -0.1) is 0 Å². The normalized spacial score (nSPS) is 13.2. The lowest BCUT2D eigenvalue weighted by molar-refractivity contribution is 0.0729. The lowest BCUT2D eigenvalue weighted by Gasteiger charge is -2.29. The smallest absolute Gasteiger partial charge is 0.272 e. The second kappa shape index (κ2) is 7.38. The van der Waals surface area contributed by atoms with Crippen LogP contribution in [0.2, 0.25) is 0 Å². The molecule has 0 saturated heterocycles. The molecule has 2 heterocycles. The number of ether oxygens (including phenoxy) is 3. The molecular weight excluding hydrogens is 356 g/mol. The zero-order valence-electron chi connectivity index (χ0n) is 16.2. The molecular formula is C22H22N2O4. The molecule has 6 nitrogen and oxygen atoms in total. The van der Waals surface area contributed by atoms with E-state index in [0.717, 1.165) is 28.6 Å². The molecule has 0 atom stereocenters. The summed E-state index contributed by atoms with van der Waals surface area (Å²) in [6.07, 6.45) is 0.770. The number of rotatable bonds is 4. The molecule has 1 amide bonds. The maximum atomic E-state index is 13.0. The number of nitrogens with zero attached hydrogens (tertiary/aromatic N) is 2. The number of carbonyl (C=O) groups excluding carboxylic acids is 1. The van der Waals surface area contributed by atoms with E-state index in [-0.39, 0.29) is 5.91 Å². The van der Waals surface area contributed by atoms with Crippen molar-refractivity contribution < 1.29 is 19.0 Å². The molecule has 0 aliphatic carbocycles. The van der Waals surface area contributed by atoms with Crippen LogP contribution in [0, 0.1) is 0 Å². The molecule has 1 aliphatic rings. The van der Waals surface area contributed by atoms with E-state index >= 15 is 0 Å². The van der Waals surface area contributed by atoms with Crippen LogP contribution in [0.1, 0.15) is 21.6 Å². The molecule has 1 aromatic heterocycles. The molecule has 0 unspecified atom stereocenters. The van der Waals surface area contributed by atoms with E-state index in [4.69, 9.17) is 14.2 Å². The minimum Gasteiger partial charge on any atom is -0.497 e. The van der Waals surface area contributed by atoms with Crippen LogP contribution in [0.15, 0.2) is 42.5 Å². The summed E-state index contributed by atoms with van der Waals surface area (Å²) >= 11 is 0. The van der Waals surface area contributed by atoms with Crippen molar-refractivity contribution in [2.75, 3.05) is 27.9 Å². The average Bonchev–Trinajstić information content (AvgIpc) is 2.76. The average molecular weight is 378 g/mol. The minimum absolute atomic E-state index is 0.0712. The topological polar surface area (TPSA) is 60.9 Å². The van der Waals surface area contributed by atoms with Gasteiger partial charge in [0.05, 0.1) is 26.8 Å². The molecule has 2 aromatic carbocycles. The van der Waals surface area contributed by atoms with Gasteiger partial charge in [-0.1, -0.05) is 6.07 Å². The summed E-state index contributed by atoms with van der Waals surface area (Å²) in [5, 5.41) is 0.941. The Bertz CT molecular complexity index is 1050. The Morgan fingerprint density at radius 2 is 1.68 bits per heavy atom. The highest BCUT2D eigenvalue weighted by Gasteiger charge is 2.24. The standard InChI is InChI=1S/C22H22N2O4/c1-26-17-5-7-18-15(10-17)4-6-19(23-18)22(25)24-9-8-14-11-20(27-2)21(28-3)12-16(14)13-24/h4-7,10-12H,8-9,13H2,1-3H3. The van der Waals surface area contributed by atoms with Gasteiger partial charge in [0, 0.05) is 18.5 Å². The maximum Gasteiger partial charge on any atom is 0.272 e. The highest BCUT2D eigenvalue weighted by molar-refractivity contribution is 5.95. The van der Waals surface area contributed by atoms with Gasteiger partial charge in [-0.2, -0.15) is 0 Å². The van der Waals surface area contributed by atoms with Gasteiger partial charge in [0.15, 0.2) is 11.5 Å². The van der Waals surface area contributed by atoms with Crippen LogP contribution >= 0.6 is 0 Å². The molecule has 1 aliphatic heterocycles. The van der Waals surface area contributed by atoms with Crippen LogP contribution in [0.5, 0.6) is 17.2 Å². The second-order valence-corrected chi connectivity index (χ2v) is 6.71. The van der Waals surface area contributed by atoms with Gasteiger partial charge in [-0.05, 0) is 53.9 Å². The van der Waals surface area contributed by atoms with Crippen molar-refractivity contribution in [3.05, 3.63) is 59.3 Å². The summed E-state index contributed by atoms with van der Waals surface area (Å²) in [5.41, 5.74) is 3.47. The largest absolute Gasteiger partial charge is 0.497 e. The predicted molar refractivity (Wildman–Crippen MR) is 106 cm³/mol. The zero-order valence-corrected chi connectivity index (χ0v) is 16.2. The Morgan fingerprint density at radius 1 is 0.929 bits per heavy atom. The molecule has 28 heavy (non-hydrogen) atoms. The van der Waals surface area contributed by atoms with E-state index in [9.17, 15) is 4.79 Å². The number of hydrogen-bond acceptors (Lipinski definition) is 5. The quantitative estimate of drug-likeness (QED) is 0.696. The Morgan fingerprint density at radius 3 is 2.39 bits per heavy atom. The van der Waals surface area contributed by atoms with Crippen LogP contribution in [0.25, 0.3) is 10.9 Å². The number of carbonyl (C=O) groups is 1. The Balaban J connectivity index is 1.60. The Labute approximate surface area is 163 Å². The summed E-state index contributed by atoms with van der Waals surface area (Å²) in [7, 11) is 4.87. The maximum absolute atomic E-state index is 13.0. The fourth-order valence-electron chi connectivity index (χ4n) is 3.57. The van der Waals surface area contributed by atoms with Crippen molar-refractivity contribution >= 4 is 16.8 Å². The van der Waals surface area contributed by atoms with Gasteiger partial charge in [0.1, 0.15) is 11.4 Å². The molecule has 0 N–H and O–H groups in total. The summed E-state index contributed by atoms with van der Waals surface area (Å²) < 4.78 is 16.0. The third-order valence-electron chi connectivity index (χ3n) is 5.12. The number of pyridine rings is 1. The molecule has 0 spiro atoms. The van der Waals surface area contributed by atoms with Gasteiger partial charge in [-0.25, -0.2) is 4.98 Å². The monoisotopic (exact) mass is 378 g/mol. The molecule has 4 rings (SSSR count). The van der Waals surface area contributed by atoms with Crippen LogP contribution in [-0.4, -0.2) is 43.7 Å². The lowest BCUT2D eigenvalue weighted by Crippen LogP contribution is -2.36. The molecule has 3 aromatic rings. The Hall–Kier alpha value is -3.28. The SMILES string of the molecule is COc1ccc2nc(C(=O)N3CCc4cc(OC)c(OC)cc4C3)ccc2c1. The van der Waals surface area contributed by atoms with Crippen molar-refractivity contribution in [3.8, 4) is 17.2 Å². The van der Waals surface area contributed by atoms with Crippen molar-refractivity contribution in [1.82, 2.24) is 9.88 Å². The first kappa shape index (κ1) is 18.1. The van der Waals surface area contributed by atoms with Crippen LogP contribution in [-0.2, 0) is 13.0 Å². The fourth-order valence-corrected chi connectivity index (χ4v) is 3.57. The summed E-state index contributed by atoms with van der Waals surface area (Å²) in [6, 6.07) is 13.3. The predicted octanol–water partition coefficient (Wildman–Crippen LogP) is 3.46. The Kier molecular flexibility index (Phi) is 4.77. The second-order valence-electron chi connectivity index (χ2n) is 6.71. The summed E-state index contributed by atoms with van der Waals surface area (Å²) in [6.45, 7) is 1.17. The summed E-state index contributed by atoms with van der Waals surface area (Å²) in [5.74, 6) is 2.09. The lowest BCUT2D eigenvalue weighted by atomic mass is 9.98. The highest BCUT2D eigenvalue weighted by Crippen LogP contribution is 2.33.